The second-order valence-electron chi connectivity index (χ2n) is 6.60. The number of nitrogens with zero attached hydrogens (tertiary/aromatic N) is 2. The summed E-state index contributed by atoms with van der Waals surface area (Å²) >= 11 is 0. The summed E-state index contributed by atoms with van der Waals surface area (Å²) in [6, 6.07) is 9.61. The molecular formula is C18H25N4O2+. The van der Waals surface area contributed by atoms with E-state index in [9.17, 15) is 9.59 Å². The molecule has 0 radical (unpaired) electrons. The van der Waals surface area contributed by atoms with Gasteiger partial charge in [-0.25, -0.2) is 5.01 Å². The van der Waals surface area contributed by atoms with Gasteiger partial charge in [0.05, 0.1) is 25.8 Å². The van der Waals surface area contributed by atoms with Gasteiger partial charge in [0.1, 0.15) is 5.70 Å². The van der Waals surface area contributed by atoms with Crippen molar-refractivity contribution in [2.75, 3.05) is 32.2 Å². The molecule has 0 unspecified atom stereocenters. The van der Waals surface area contributed by atoms with Crippen LogP contribution in [0.25, 0.3) is 0 Å². The number of quaternary nitrogens is 1. The van der Waals surface area contributed by atoms with Crippen LogP contribution in [0, 0.1) is 0 Å². The first-order valence-electron chi connectivity index (χ1n) is 8.49. The minimum absolute atomic E-state index is 0.0482. The molecular weight excluding hydrogens is 304 g/mol. The van der Waals surface area contributed by atoms with E-state index in [0.717, 1.165) is 31.6 Å². The SMILES string of the molecule is CN(C(=O)C1=CCC(=O)N(c2ccccc2)N1)C1CC[NH+](C)CC1. The van der Waals surface area contributed by atoms with Gasteiger partial charge in [0.15, 0.2) is 0 Å². The van der Waals surface area contributed by atoms with Gasteiger partial charge in [0, 0.05) is 32.4 Å². The van der Waals surface area contributed by atoms with Crippen LogP contribution in [0.5, 0.6) is 0 Å². The normalized spacial score (nSPS) is 24.2. The van der Waals surface area contributed by atoms with E-state index < -0.39 is 0 Å². The Morgan fingerprint density at radius 3 is 2.58 bits per heavy atom. The average Bonchev–Trinajstić information content (AvgIpc) is 2.62. The number of para-hydroxylation sites is 1. The monoisotopic (exact) mass is 329 g/mol. The van der Waals surface area contributed by atoms with Crippen LogP contribution in [0.15, 0.2) is 42.1 Å². The van der Waals surface area contributed by atoms with Gasteiger partial charge >= 0.3 is 0 Å². The molecule has 2 N–H and O–H groups in total. The second kappa shape index (κ2) is 7.05. The molecule has 0 aromatic heterocycles. The number of nitrogens with one attached hydrogen (secondary N) is 2. The van der Waals surface area contributed by atoms with E-state index in [0.29, 0.717) is 5.70 Å². The number of hydrogen-bond acceptors (Lipinski definition) is 3. The summed E-state index contributed by atoms with van der Waals surface area (Å²) in [5, 5.41) is 1.46. The third-order valence-electron chi connectivity index (χ3n) is 4.88. The molecule has 2 amide bonds. The van der Waals surface area contributed by atoms with E-state index in [-0.39, 0.29) is 24.3 Å². The Kier molecular flexibility index (Phi) is 4.85. The zero-order valence-electron chi connectivity index (χ0n) is 14.3. The number of likely N-dealkylation sites (tertiary alicyclic amines) is 1. The molecule has 0 aliphatic carbocycles. The minimum Gasteiger partial charge on any atom is -0.337 e. The van der Waals surface area contributed by atoms with Crippen LogP contribution in [-0.4, -0.2) is 49.9 Å². The van der Waals surface area contributed by atoms with Crippen molar-refractivity contribution in [2.24, 2.45) is 0 Å². The molecule has 0 spiro atoms. The van der Waals surface area contributed by atoms with E-state index in [1.165, 1.54) is 9.91 Å². The molecule has 0 atom stereocenters. The predicted molar refractivity (Wildman–Crippen MR) is 92.2 cm³/mol. The fourth-order valence-electron chi connectivity index (χ4n) is 3.27. The Hall–Kier alpha value is -2.34. The number of piperidine rings is 1. The molecule has 2 heterocycles. The van der Waals surface area contributed by atoms with E-state index >= 15 is 0 Å². The van der Waals surface area contributed by atoms with Crippen molar-refractivity contribution in [3.05, 3.63) is 42.1 Å². The van der Waals surface area contributed by atoms with Crippen LogP contribution < -0.4 is 15.3 Å². The lowest BCUT2D eigenvalue weighted by atomic mass is 10.0. The highest BCUT2D eigenvalue weighted by Gasteiger charge is 2.30. The van der Waals surface area contributed by atoms with Gasteiger partial charge < -0.3 is 9.80 Å². The molecule has 2 aliphatic rings. The summed E-state index contributed by atoms with van der Waals surface area (Å²) in [6.45, 7) is 2.17. The highest BCUT2D eigenvalue weighted by molar-refractivity contribution is 6.01. The summed E-state index contributed by atoms with van der Waals surface area (Å²) in [6.07, 6.45) is 3.96. The van der Waals surface area contributed by atoms with E-state index in [1.807, 2.05) is 42.3 Å². The van der Waals surface area contributed by atoms with Crippen LogP contribution in [-0.2, 0) is 9.59 Å². The molecule has 3 rings (SSSR count). The third kappa shape index (κ3) is 3.43. The first kappa shape index (κ1) is 16.5. The zero-order chi connectivity index (χ0) is 17.1. The Morgan fingerprint density at radius 2 is 1.92 bits per heavy atom. The lowest BCUT2D eigenvalue weighted by Crippen LogP contribution is -3.10. The maximum Gasteiger partial charge on any atom is 0.271 e. The maximum absolute atomic E-state index is 12.8. The molecule has 2 aliphatic heterocycles. The molecule has 6 nitrogen and oxygen atoms in total. The van der Waals surface area contributed by atoms with Gasteiger partial charge in [-0.1, -0.05) is 18.2 Å². The summed E-state index contributed by atoms with van der Waals surface area (Å²) < 4.78 is 0. The van der Waals surface area contributed by atoms with Crippen molar-refractivity contribution in [1.29, 1.82) is 0 Å². The first-order valence-corrected chi connectivity index (χ1v) is 8.49. The highest BCUT2D eigenvalue weighted by atomic mass is 16.2. The lowest BCUT2D eigenvalue weighted by Gasteiger charge is -2.35. The van der Waals surface area contributed by atoms with Gasteiger partial charge in [-0.15, -0.1) is 0 Å². The Balaban J connectivity index is 1.70. The number of hydrazine groups is 1. The van der Waals surface area contributed by atoms with Gasteiger partial charge in [0.25, 0.3) is 5.91 Å². The second-order valence-corrected chi connectivity index (χ2v) is 6.60. The number of carbonyl (C=O) groups excluding carboxylic acids is 2. The fraction of sp³-hybridized carbons (Fsp3) is 0.444. The maximum atomic E-state index is 12.8. The minimum atomic E-state index is -0.0664. The van der Waals surface area contributed by atoms with Gasteiger partial charge in [0.2, 0.25) is 5.91 Å². The summed E-state index contributed by atoms with van der Waals surface area (Å²) in [4.78, 5) is 28.3. The third-order valence-corrected chi connectivity index (χ3v) is 4.88. The number of benzene rings is 1. The number of carbonyl (C=O) groups is 2. The van der Waals surface area contributed by atoms with Crippen LogP contribution in [0.2, 0.25) is 0 Å². The van der Waals surface area contributed by atoms with Crippen molar-refractivity contribution in [3.63, 3.8) is 0 Å². The van der Waals surface area contributed by atoms with Gasteiger partial charge in [-0.3, -0.25) is 15.0 Å². The molecule has 0 bridgehead atoms. The lowest BCUT2D eigenvalue weighted by molar-refractivity contribution is -0.885. The van der Waals surface area contributed by atoms with Gasteiger partial charge in [-0.05, 0) is 18.2 Å². The number of hydrogen-bond donors (Lipinski definition) is 2. The van der Waals surface area contributed by atoms with Crippen LogP contribution >= 0.6 is 0 Å². The standard InChI is InChI=1S/C18H24N4O2/c1-20-12-10-14(11-13-20)21(2)18(24)16-8-9-17(23)22(19-16)15-6-4-3-5-7-15/h3-8,14,19H,9-13H2,1-2H3/p+1. The molecule has 1 aromatic rings. The molecule has 128 valence electrons. The number of likely N-dealkylation sites (N-methyl/N-ethyl adjacent to an activating group) is 1. The molecule has 0 saturated carbocycles. The number of amides is 2. The van der Waals surface area contributed by atoms with Crippen LogP contribution in [0.4, 0.5) is 5.69 Å². The molecule has 1 aromatic carbocycles. The summed E-state index contributed by atoms with van der Waals surface area (Å²) in [5.74, 6) is -0.115. The van der Waals surface area contributed by atoms with E-state index in [4.69, 9.17) is 0 Å². The smallest absolute Gasteiger partial charge is 0.271 e. The van der Waals surface area contributed by atoms with Crippen molar-refractivity contribution in [3.8, 4) is 0 Å². The Morgan fingerprint density at radius 1 is 1.25 bits per heavy atom. The topological polar surface area (TPSA) is 57.1 Å². The fourth-order valence-corrected chi connectivity index (χ4v) is 3.27. The van der Waals surface area contributed by atoms with Crippen molar-refractivity contribution in [2.45, 2.75) is 25.3 Å². The largest absolute Gasteiger partial charge is 0.337 e. The summed E-state index contributed by atoms with van der Waals surface area (Å²) in [7, 11) is 4.05. The predicted octanol–water partition coefficient (Wildman–Crippen LogP) is -0.0527. The van der Waals surface area contributed by atoms with Crippen LogP contribution in [0.3, 0.4) is 0 Å². The highest BCUT2D eigenvalue weighted by Crippen LogP contribution is 2.19. The Labute approximate surface area is 142 Å². The van der Waals surface area contributed by atoms with Crippen LogP contribution in [0.1, 0.15) is 19.3 Å². The van der Waals surface area contributed by atoms with Crippen molar-refractivity contribution in [1.82, 2.24) is 10.3 Å². The number of rotatable bonds is 3. The zero-order valence-corrected chi connectivity index (χ0v) is 14.3. The number of anilines is 1. The van der Waals surface area contributed by atoms with E-state index in [1.54, 1.807) is 6.08 Å². The molecule has 24 heavy (non-hydrogen) atoms. The van der Waals surface area contributed by atoms with Crippen molar-refractivity contribution < 1.29 is 14.5 Å². The quantitative estimate of drug-likeness (QED) is 0.817. The van der Waals surface area contributed by atoms with E-state index in [2.05, 4.69) is 12.5 Å². The van der Waals surface area contributed by atoms with Gasteiger partial charge in [-0.2, -0.15) is 0 Å². The Bertz CT molecular complexity index is 636. The molecule has 1 fully saturated rings. The summed E-state index contributed by atoms with van der Waals surface area (Å²) in [5.41, 5.74) is 4.22. The molecule has 1 saturated heterocycles. The first-order chi connectivity index (χ1) is 11.6. The van der Waals surface area contributed by atoms with Crippen molar-refractivity contribution >= 4 is 17.5 Å². The molecule has 6 heteroatoms. The average molecular weight is 329 g/mol.